The molecule has 1 aromatic carbocycles. The van der Waals surface area contributed by atoms with E-state index in [9.17, 15) is 24.6 Å². The van der Waals surface area contributed by atoms with E-state index >= 15 is 0 Å². The molecule has 0 bridgehead atoms. The number of carboxylic acid groups (broad SMARTS) is 1. The van der Waals surface area contributed by atoms with Crippen molar-refractivity contribution < 1.29 is 30.1 Å². The Bertz CT molecular complexity index is 738. The fraction of sp³-hybridized carbons (Fsp3) is 0.438. The van der Waals surface area contributed by atoms with Crippen LogP contribution in [0.1, 0.15) is 25.5 Å². The lowest BCUT2D eigenvalue weighted by molar-refractivity contribution is -0.161. The zero-order valence-electron chi connectivity index (χ0n) is 14.2. The summed E-state index contributed by atoms with van der Waals surface area (Å²) in [6, 6.07) is 3.21. The summed E-state index contributed by atoms with van der Waals surface area (Å²) in [5.41, 5.74) is 6.41. The van der Waals surface area contributed by atoms with Gasteiger partial charge in [-0.25, -0.2) is 4.79 Å². The van der Waals surface area contributed by atoms with Crippen LogP contribution in [0.3, 0.4) is 0 Å². The zero-order chi connectivity index (χ0) is 18.5. The van der Waals surface area contributed by atoms with Crippen molar-refractivity contribution in [3.63, 3.8) is 0 Å². The molecule has 4 unspecified atom stereocenters. The van der Waals surface area contributed by atoms with Crippen molar-refractivity contribution in [3.8, 4) is 5.75 Å². The molecular weight excluding hydrogens is 362 g/mol. The standard InChI is InChI=1S/C16H19N3O5S.H2O/c1-16(2)11(15(23)24)19-13(22)10(14(19)25-16)18-12(21)9(17)7-3-5-8(20)6-4-7;/h3-6,9-11,14,20H,17H2,1-2H3,(H,18,21)(H,23,24);1H2. The van der Waals surface area contributed by atoms with Gasteiger partial charge in [0.25, 0.3) is 0 Å². The maximum absolute atomic E-state index is 12.3. The number of benzene rings is 1. The first-order valence-corrected chi connectivity index (χ1v) is 8.59. The lowest BCUT2D eigenvalue weighted by Crippen LogP contribution is -2.71. The second-order valence-corrected chi connectivity index (χ2v) is 8.42. The smallest absolute Gasteiger partial charge is 0.327 e. The number of carbonyl (C=O) groups excluding carboxylic acids is 2. The van der Waals surface area contributed by atoms with Gasteiger partial charge in [-0.2, -0.15) is 0 Å². The molecule has 2 saturated heterocycles. The van der Waals surface area contributed by atoms with Crippen molar-refractivity contribution in [2.45, 2.75) is 42.1 Å². The van der Waals surface area contributed by atoms with E-state index in [0.29, 0.717) is 5.56 Å². The van der Waals surface area contributed by atoms with Crippen LogP contribution >= 0.6 is 11.8 Å². The summed E-state index contributed by atoms with van der Waals surface area (Å²) in [6.45, 7) is 3.53. The molecule has 0 radical (unpaired) electrons. The fourth-order valence-electron chi connectivity index (χ4n) is 3.22. The first kappa shape index (κ1) is 20.0. The van der Waals surface area contributed by atoms with Gasteiger partial charge in [0.1, 0.15) is 29.2 Å². The predicted octanol–water partition coefficient (Wildman–Crippen LogP) is -0.801. The number of aromatic hydroxyl groups is 1. The Morgan fingerprint density at radius 2 is 1.88 bits per heavy atom. The second-order valence-electron chi connectivity index (χ2n) is 6.65. The Balaban J connectivity index is 0.00000243. The van der Waals surface area contributed by atoms with E-state index in [2.05, 4.69) is 5.32 Å². The maximum Gasteiger partial charge on any atom is 0.327 e. The second kappa shape index (κ2) is 6.78. The Morgan fingerprint density at radius 1 is 1.31 bits per heavy atom. The third-order valence-electron chi connectivity index (χ3n) is 4.51. The lowest BCUT2D eigenvalue weighted by Gasteiger charge is -2.43. The van der Waals surface area contributed by atoms with E-state index in [1.54, 1.807) is 13.8 Å². The molecule has 2 aliphatic heterocycles. The number of thioether (sulfide) groups is 1. The van der Waals surface area contributed by atoms with Gasteiger partial charge in [-0.15, -0.1) is 11.8 Å². The largest absolute Gasteiger partial charge is 0.508 e. The molecule has 0 spiro atoms. The number of β-lactam (4-membered cyclic amide) rings is 1. The Hall–Kier alpha value is -2.30. The van der Waals surface area contributed by atoms with Crippen molar-refractivity contribution in [3.05, 3.63) is 29.8 Å². The molecule has 7 N–H and O–H groups in total. The van der Waals surface area contributed by atoms with E-state index in [4.69, 9.17) is 5.73 Å². The number of amides is 2. The molecule has 4 atom stereocenters. The van der Waals surface area contributed by atoms with Crippen molar-refractivity contribution in [1.82, 2.24) is 10.2 Å². The molecule has 2 heterocycles. The van der Waals surface area contributed by atoms with Crippen LogP contribution in [-0.2, 0) is 14.4 Å². The van der Waals surface area contributed by atoms with Crippen molar-refractivity contribution in [1.29, 1.82) is 0 Å². The van der Waals surface area contributed by atoms with Crippen LogP contribution in [0.5, 0.6) is 5.75 Å². The third-order valence-corrected chi connectivity index (χ3v) is 6.08. The van der Waals surface area contributed by atoms with Crippen LogP contribution in [0.2, 0.25) is 0 Å². The first-order chi connectivity index (χ1) is 11.6. The number of phenols is 1. The van der Waals surface area contributed by atoms with Gasteiger partial charge in [0, 0.05) is 4.75 Å². The van der Waals surface area contributed by atoms with E-state index in [1.807, 2.05) is 0 Å². The van der Waals surface area contributed by atoms with Gasteiger partial charge in [-0.3, -0.25) is 9.59 Å². The van der Waals surface area contributed by atoms with Crippen LogP contribution in [-0.4, -0.2) is 60.6 Å². The summed E-state index contributed by atoms with van der Waals surface area (Å²) in [6.07, 6.45) is 0. The molecule has 0 saturated carbocycles. The molecule has 10 heteroatoms. The van der Waals surface area contributed by atoms with Gasteiger partial charge < -0.3 is 31.6 Å². The summed E-state index contributed by atoms with van der Waals surface area (Å²) in [7, 11) is 0. The topological polar surface area (TPSA) is 164 Å². The van der Waals surface area contributed by atoms with Gasteiger partial charge in [-0.05, 0) is 31.5 Å². The van der Waals surface area contributed by atoms with Crippen LogP contribution in [0.25, 0.3) is 0 Å². The third kappa shape index (κ3) is 3.11. The molecule has 9 nitrogen and oxygen atoms in total. The molecular formula is C16H21N3O6S. The average molecular weight is 383 g/mol. The summed E-state index contributed by atoms with van der Waals surface area (Å²) in [5.74, 6) is -1.94. The summed E-state index contributed by atoms with van der Waals surface area (Å²) < 4.78 is -0.648. The number of nitrogens with zero attached hydrogens (tertiary/aromatic N) is 1. The molecule has 26 heavy (non-hydrogen) atoms. The highest BCUT2D eigenvalue weighted by atomic mass is 32.2. The van der Waals surface area contributed by atoms with Crippen LogP contribution in [0.15, 0.2) is 24.3 Å². The number of carbonyl (C=O) groups is 3. The van der Waals surface area contributed by atoms with Crippen molar-refractivity contribution in [2.75, 3.05) is 0 Å². The van der Waals surface area contributed by atoms with Gasteiger partial charge in [0.2, 0.25) is 11.8 Å². The van der Waals surface area contributed by atoms with E-state index < -0.39 is 46.0 Å². The van der Waals surface area contributed by atoms with E-state index in [0.717, 1.165) is 0 Å². The van der Waals surface area contributed by atoms with Crippen molar-refractivity contribution in [2.24, 2.45) is 5.73 Å². The van der Waals surface area contributed by atoms with Crippen LogP contribution in [0, 0.1) is 0 Å². The first-order valence-electron chi connectivity index (χ1n) is 7.71. The summed E-state index contributed by atoms with van der Waals surface area (Å²) in [4.78, 5) is 37.5. The highest BCUT2D eigenvalue weighted by molar-refractivity contribution is 8.01. The average Bonchev–Trinajstić information content (AvgIpc) is 2.80. The van der Waals surface area contributed by atoms with Crippen LogP contribution < -0.4 is 11.1 Å². The Morgan fingerprint density at radius 3 is 2.42 bits per heavy atom. The normalized spacial score (nSPS) is 27.0. The molecule has 1 aromatic rings. The number of hydrogen-bond acceptors (Lipinski definition) is 6. The molecule has 2 fully saturated rings. The zero-order valence-corrected chi connectivity index (χ0v) is 15.0. The van der Waals surface area contributed by atoms with Crippen molar-refractivity contribution >= 4 is 29.5 Å². The minimum Gasteiger partial charge on any atom is -0.508 e. The number of phenolic OH excluding ortho intramolecular Hbond substituents is 1. The Labute approximate surface area is 153 Å². The molecule has 142 valence electrons. The molecule has 3 rings (SSSR count). The quantitative estimate of drug-likeness (QED) is 0.494. The highest BCUT2D eigenvalue weighted by Crippen LogP contribution is 2.50. The van der Waals surface area contributed by atoms with Gasteiger partial charge in [0.15, 0.2) is 0 Å². The number of carboxylic acids is 1. The van der Waals surface area contributed by atoms with Crippen LogP contribution in [0.4, 0.5) is 0 Å². The minimum absolute atomic E-state index is 0. The summed E-state index contributed by atoms with van der Waals surface area (Å²) in [5, 5.41) is 20.9. The molecule has 0 aliphatic carbocycles. The number of aliphatic carboxylic acids is 1. The fourth-order valence-corrected chi connectivity index (χ4v) is 4.85. The Kier molecular flexibility index (Phi) is 5.22. The molecule has 2 aliphatic rings. The number of nitrogens with two attached hydrogens (primary N) is 1. The number of rotatable bonds is 4. The predicted molar refractivity (Wildman–Crippen MR) is 94.3 cm³/mol. The SMILES string of the molecule is CC1(C)SC2C(NC(=O)C(N)c3ccc(O)cc3)C(=O)N2C1C(=O)O.O. The molecule has 2 amide bonds. The minimum atomic E-state index is -1.06. The van der Waals surface area contributed by atoms with Gasteiger partial charge in [0.05, 0.1) is 0 Å². The number of fused-ring (bicyclic) bond motifs is 1. The molecule has 0 aromatic heterocycles. The summed E-state index contributed by atoms with van der Waals surface area (Å²) >= 11 is 1.35. The van der Waals surface area contributed by atoms with E-state index in [-0.39, 0.29) is 11.2 Å². The number of hydrogen-bond donors (Lipinski definition) is 4. The van der Waals surface area contributed by atoms with Gasteiger partial charge in [-0.1, -0.05) is 12.1 Å². The maximum atomic E-state index is 12.3. The van der Waals surface area contributed by atoms with E-state index in [1.165, 1.54) is 40.9 Å². The highest BCUT2D eigenvalue weighted by Gasteiger charge is 2.64. The monoisotopic (exact) mass is 383 g/mol. The lowest BCUT2D eigenvalue weighted by atomic mass is 9.95. The number of nitrogens with one attached hydrogen (secondary N) is 1. The van der Waals surface area contributed by atoms with Gasteiger partial charge >= 0.3 is 5.97 Å².